The Balaban J connectivity index is 2.06. The number of aryl methyl sites for hydroxylation is 1. The van der Waals surface area contributed by atoms with Gasteiger partial charge in [-0.2, -0.15) is 0 Å². The molecule has 1 aromatic carbocycles. The van der Waals surface area contributed by atoms with Crippen molar-refractivity contribution in [1.29, 1.82) is 0 Å². The van der Waals surface area contributed by atoms with Gasteiger partial charge >= 0.3 is 0 Å². The number of amides is 1. The number of sulfone groups is 1. The zero-order chi connectivity index (χ0) is 16.3. The molecule has 118 valence electrons. The van der Waals surface area contributed by atoms with Gasteiger partial charge in [-0.15, -0.1) is 0 Å². The molecule has 8 heteroatoms. The number of aromatic nitrogens is 1. The summed E-state index contributed by atoms with van der Waals surface area (Å²) in [5, 5.41) is 5.48. The van der Waals surface area contributed by atoms with E-state index in [0.717, 1.165) is 0 Å². The van der Waals surface area contributed by atoms with Crippen molar-refractivity contribution >= 4 is 33.0 Å². The van der Waals surface area contributed by atoms with Gasteiger partial charge in [-0.3, -0.25) is 4.79 Å². The third kappa shape index (κ3) is 4.08. The lowest BCUT2D eigenvalue weighted by atomic mass is 10.3. The molecule has 0 spiro atoms. The Bertz CT molecular complexity index is 768. The average Bonchev–Trinajstić information content (AvgIpc) is 2.85. The summed E-state index contributed by atoms with van der Waals surface area (Å²) in [6.45, 7) is 3.03. The van der Waals surface area contributed by atoms with Gasteiger partial charge in [-0.25, -0.2) is 8.42 Å². The molecule has 1 atom stereocenters. The van der Waals surface area contributed by atoms with Crippen LogP contribution in [0.25, 0.3) is 0 Å². The SMILES string of the molecule is Cc1cc(CS(=O)(=O)[C@H](C)C(=O)Nc2ccc(Cl)cc2)on1. The molecule has 0 aliphatic rings. The summed E-state index contributed by atoms with van der Waals surface area (Å²) in [5.41, 5.74) is 1.07. The standard InChI is InChI=1S/C14H15ClN2O4S/c1-9-7-13(21-17-9)8-22(19,20)10(2)14(18)16-12-5-3-11(15)4-6-12/h3-7,10H,8H2,1-2H3,(H,16,18)/t10-/m1/s1. The molecule has 0 bridgehead atoms. The smallest absolute Gasteiger partial charge is 0.242 e. The first-order chi connectivity index (χ1) is 10.3. The van der Waals surface area contributed by atoms with E-state index < -0.39 is 21.0 Å². The Labute approximate surface area is 133 Å². The van der Waals surface area contributed by atoms with Crippen LogP contribution in [0.1, 0.15) is 18.4 Å². The molecule has 0 fully saturated rings. The first-order valence-corrected chi connectivity index (χ1v) is 8.57. The predicted molar refractivity (Wildman–Crippen MR) is 83.4 cm³/mol. The van der Waals surface area contributed by atoms with Gasteiger partial charge in [0.05, 0.1) is 5.69 Å². The number of benzene rings is 1. The molecular formula is C14H15ClN2O4S. The van der Waals surface area contributed by atoms with Crippen molar-refractivity contribution in [2.45, 2.75) is 24.9 Å². The fourth-order valence-corrected chi connectivity index (χ4v) is 3.04. The van der Waals surface area contributed by atoms with Crippen LogP contribution in [0.2, 0.25) is 5.02 Å². The van der Waals surface area contributed by atoms with E-state index in [9.17, 15) is 13.2 Å². The van der Waals surface area contributed by atoms with Crippen molar-refractivity contribution in [3.8, 4) is 0 Å². The van der Waals surface area contributed by atoms with Gasteiger partial charge in [0, 0.05) is 16.8 Å². The molecule has 1 aromatic heterocycles. The molecule has 1 heterocycles. The van der Waals surface area contributed by atoms with Gasteiger partial charge in [-0.1, -0.05) is 16.8 Å². The van der Waals surface area contributed by atoms with Crippen LogP contribution in [0.15, 0.2) is 34.9 Å². The Hall–Kier alpha value is -1.86. The third-order valence-corrected chi connectivity index (χ3v) is 5.27. The summed E-state index contributed by atoms with van der Waals surface area (Å²) in [7, 11) is -3.70. The van der Waals surface area contributed by atoms with Gasteiger partial charge in [-0.05, 0) is 38.1 Å². The summed E-state index contributed by atoms with van der Waals surface area (Å²) < 4.78 is 29.3. The topological polar surface area (TPSA) is 89.3 Å². The molecule has 0 aliphatic heterocycles. The molecule has 2 rings (SSSR count). The molecule has 0 saturated heterocycles. The van der Waals surface area contributed by atoms with Gasteiger partial charge < -0.3 is 9.84 Å². The second-order valence-corrected chi connectivity index (χ2v) is 7.64. The highest BCUT2D eigenvalue weighted by atomic mass is 35.5. The van der Waals surface area contributed by atoms with Gasteiger partial charge in [0.25, 0.3) is 0 Å². The molecule has 2 aromatic rings. The van der Waals surface area contributed by atoms with E-state index in [2.05, 4.69) is 10.5 Å². The molecule has 0 aliphatic carbocycles. The van der Waals surface area contributed by atoms with Crippen molar-refractivity contribution in [2.75, 3.05) is 5.32 Å². The van der Waals surface area contributed by atoms with E-state index in [1.807, 2.05) is 0 Å². The lowest BCUT2D eigenvalue weighted by Gasteiger charge is -2.12. The van der Waals surface area contributed by atoms with Crippen LogP contribution >= 0.6 is 11.6 Å². The summed E-state index contributed by atoms with van der Waals surface area (Å²) in [6, 6.07) is 7.93. The molecule has 6 nitrogen and oxygen atoms in total. The maximum atomic E-state index is 12.2. The van der Waals surface area contributed by atoms with Crippen LogP contribution in [0, 0.1) is 6.92 Å². The molecule has 0 unspecified atom stereocenters. The van der Waals surface area contributed by atoms with Crippen molar-refractivity contribution < 1.29 is 17.7 Å². The minimum Gasteiger partial charge on any atom is -0.360 e. The zero-order valence-corrected chi connectivity index (χ0v) is 13.6. The summed E-state index contributed by atoms with van der Waals surface area (Å²) >= 11 is 5.75. The minimum absolute atomic E-state index is 0.212. The fraction of sp³-hybridized carbons (Fsp3) is 0.286. The monoisotopic (exact) mass is 342 g/mol. The second-order valence-electron chi connectivity index (χ2n) is 4.88. The molecule has 1 N–H and O–H groups in total. The number of anilines is 1. The second kappa shape index (κ2) is 6.50. The Kier molecular flexibility index (Phi) is 4.87. The van der Waals surface area contributed by atoms with Crippen LogP contribution in [-0.2, 0) is 20.4 Å². The van der Waals surface area contributed by atoms with Crippen molar-refractivity contribution in [3.63, 3.8) is 0 Å². The zero-order valence-electron chi connectivity index (χ0n) is 12.0. The van der Waals surface area contributed by atoms with Gasteiger partial charge in [0.15, 0.2) is 15.6 Å². The average molecular weight is 343 g/mol. The lowest BCUT2D eigenvalue weighted by Crippen LogP contribution is -2.33. The van der Waals surface area contributed by atoms with Crippen LogP contribution in [-0.4, -0.2) is 24.7 Å². The van der Waals surface area contributed by atoms with Crippen LogP contribution in [0.4, 0.5) is 5.69 Å². The van der Waals surface area contributed by atoms with E-state index >= 15 is 0 Å². The molecule has 22 heavy (non-hydrogen) atoms. The van der Waals surface area contributed by atoms with Gasteiger partial charge in [0.2, 0.25) is 5.91 Å². The quantitative estimate of drug-likeness (QED) is 0.902. The number of nitrogens with zero attached hydrogens (tertiary/aromatic N) is 1. The van der Waals surface area contributed by atoms with E-state index in [0.29, 0.717) is 16.4 Å². The van der Waals surface area contributed by atoms with E-state index in [4.69, 9.17) is 16.1 Å². The fourth-order valence-electron chi connectivity index (χ4n) is 1.75. The van der Waals surface area contributed by atoms with E-state index in [1.54, 1.807) is 31.2 Å². The number of carbonyl (C=O) groups excluding carboxylic acids is 1. The van der Waals surface area contributed by atoms with Crippen molar-refractivity contribution in [1.82, 2.24) is 5.16 Å². The first-order valence-electron chi connectivity index (χ1n) is 6.48. The van der Waals surface area contributed by atoms with E-state index in [-0.39, 0.29) is 11.5 Å². The molecule has 0 saturated carbocycles. The molecule has 1 amide bonds. The summed E-state index contributed by atoms with van der Waals surface area (Å²) in [5.74, 6) is -0.773. The summed E-state index contributed by atoms with van der Waals surface area (Å²) in [4.78, 5) is 12.1. The van der Waals surface area contributed by atoms with E-state index in [1.165, 1.54) is 13.0 Å². The lowest BCUT2D eigenvalue weighted by molar-refractivity contribution is -0.115. The largest absolute Gasteiger partial charge is 0.360 e. The highest BCUT2D eigenvalue weighted by molar-refractivity contribution is 7.92. The number of hydrogen-bond donors (Lipinski definition) is 1. The van der Waals surface area contributed by atoms with Crippen LogP contribution < -0.4 is 5.32 Å². The molecule has 0 radical (unpaired) electrons. The Morgan fingerprint density at radius 1 is 1.36 bits per heavy atom. The van der Waals surface area contributed by atoms with Crippen LogP contribution in [0.3, 0.4) is 0 Å². The first kappa shape index (κ1) is 16.5. The normalized spacial score (nSPS) is 12.9. The van der Waals surface area contributed by atoms with Crippen LogP contribution in [0.5, 0.6) is 0 Å². The third-order valence-electron chi connectivity index (χ3n) is 3.04. The number of hydrogen-bond acceptors (Lipinski definition) is 5. The predicted octanol–water partition coefficient (Wildman–Crippen LogP) is 2.58. The maximum absolute atomic E-state index is 12.2. The number of nitrogens with one attached hydrogen (secondary N) is 1. The number of rotatable bonds is 5. The highest BCUT2D eigenvalue weighted by Crippen LogP contribution is 2.16. The minimum atomic E-state index is -3.70. The Morgan fingerprint density at radius 2 is 2.00 bits per heavy atom. The summed E-state index contributed by atoms with van der Waals surface area (Å²) in [6.07, 6.45) is 0. The Morgan fingerprint density at radius 3 is 2.55 bits per heavy atom. The highest BCUT2D eigenvalue weighted by Gasteiger charge is 2.29. The van der Waals surface area contributed by atoms with Crippen molar-refractivity contribution in [3.05, 3.63) is 46.8 Å². The van der Waals surface area contributed by atoms with Gasteiger partial charge in [0.1, 0.15) is 11.0 Å². The molecular weight excluding hydrogens is 328 g/mol. The maximum Gasteiger partial charge on any atom is 0.242 e. The number of carbonyl (C=O) groups is 1. The number of halogens is 1. The van der Waals surface area contributed by atoms with Crippen molar-refractivity contribution in [2.24, 2.45) is 0 Å².